The molecule has 0 atom stereocenters. The van der Waals surface area contributed by atoms with Gasteiger partial charge in [0.15, 0.2) is 5.76 Å². The minimum absolute atomic E-state index is 0.225. The summed E-state index contributed by atoms with van der Waals surface area (Å²) in [4.78, 5) is 29.5. The molecule has 0 radical (unpaired) electrons. The quantitative estimate of drug-likeness (QED) is 0.460. The Bertz CT molecular complexity index is 1230. The lowest BCUT2D eigenvalue weighted by Gasteiger charge is -2.13. The number of anilines is 1. The van der Waals surface area contributed by atoms with Gasteiger partial charge in [-0.15, -0.1) is 0 Å². The van der Waals surface area contributed by atoms with E-state index in [4.69, 9.17) is 9.15 Å². The normalized spacial score (nSPS) is 14.0. The number of hydrogen-bond acceptors (Lipinski definition) is 6. The van der Waals surface area contributed by atoms with Crippen molar-refractivity contribution in [3.63, 3.8) is 0 Å². The van der Waals surface area contributed by atoms with Crippen molar-refractivity contribution in [2.75, 3.05) is 11.9 Å². The third-order valence-electron chi connectivity index (χ3n) is 5.23. The number of para-hydroxylation sites is 2. The Morgan fingerprint density at radius 2 is 2.03 bits per heavy atom. The van der Waals surface area contributed by atoms with E-state index in [1.165, 1.54) is 6.20 Å². The molecule has 1 aliphatic carbocycles. The maximum Gasteiger partial charge on any atom is 0.291 e. The molecule has 0 unspecified atom stereocenters. The zero-order valence-corrected chi connectivity index (χ0v) is 19.9. The van der Waals surface area contributed by atoms with Crippen LogP contribution in [0.3, 0.4) is 0 Å². The van der Waals surface area contributed by atoms with Crippen LogP contribution in [-0.4, -0.2) is 29.1 Å². The minimum Gasteiger partial charge on any atom is -0.492 e. The Kier molecular flexibility index (Phi) is 6.88. The first-order valence-corrected chi connectivity index (χ1v) is 11.4. The molecule has 0 fully saturated rings. The first-order valence-electron chi connectivity index (χ1n) is 10.6. The van der Waals surface area contributed by atoms with Crippen LogP contribution in [0, 0.1) is 6.92 Å². The van der Waals surface area contributed by atoms with Gasteiger partial charge in [-0.1, -0.05) is 12.1 Å². The zero-order valence-electron chi connectivity index (χ0n) is 18.3. The molecule has 1 aliphatic rings. The van der Waals surface area contributed by atoms with E-state index in [2.05, 4.69) is 36.8 Å². The number of pyridine rings is 1. The van der Waals surface area contributed by atoms with Crippen molar-refractivity contribution in [1.29, 1.82) is 0 Å². The number of aryl methyl sites for hydroxylation is 1. The van der Waals surface area contributed by atoms with Crippen molar-refractivity contribution in [3.8, 4) is 5.75 Å². The number of furan rings is 1. The summed E-state index contributed by atoms with van der Waals surface area (Å²) in [6.07, 6.45) is 5.24. The highest BCUT2D eigenvalue weighted by molar-refractivity contribution is 9.10. The molecule has 0 saturated heterocycles. The highest BCUT2D eigenvalue weighted by Gasteiger charge is 2.28. The van der Waals surface area contributed by atoms with E-state index >= 15 is 0 Å². The van der Waals surface area contributed by atoms with E-state index in [0.29, 0.717) is 58.0 Å². The lowest BCUT2D eigenvalue weighted by molar-refractivity contribution is 0.0953. The van der Waals surface area contributed by atoms with E-state index in [1.54, 1.807) is 24.4 Å². The summed E-state index contributed by atoms with van der Waals surface area (Å²) in [5, 5.41) is 7.22. The molecule has 4 rings (SSSR count). The number of hydrazone groups is 1. The molecule has 33 heavy (non-hydrogen) atoms. The number of benzene rings is 1. The van der Waals surface area contributed by atoms with Crippen LogP contribution in [0.25, 0.3) is 0 Å². The lowest BCUT2D eigenvalue weighted by atomic mass is 9.93. The van der Waals surface area contributed by atoms with Gasteiger partial charge < -0.3 is 14.5 Å². The molecule has 2 N–H and O–H groups in total. The number of fused-ring (bicyclic) bond motifs is 1. The second-order valence-corrected chi connectivity index (χ2v) is 8.40. The van der Waals surface area contributed by atoms with E-state index in [9.17, 15) is 9.59 Å². The lowest BCUT2D eigenvalue weighted by Crippen LogP contribution is -2.22. The van der Waals surface area contributed by atoms with Gasteiger partial charge in [0, 0.05) is 34.4 Å². The largest absolute Gasteiger partial charge is 0.492 e. The van der Waals surface area contributed by atoms with Gasteiger partial charge >= 0.3 is 0 Å². The van der Waals surface area contributed by atoms with Gasteiger partial charge in [-0.2, -0.15) is 5.10 Å². The molecule has 3 aromatic rings. The van der Waals surface area contributed by atoms with Crippen LogP contribution in [0.15, 0.2) is 56.7 Å². The van der Waals surface area contributed by atoms with Crippen molar-refractivity contribution in [2.45, 2.75) is 33.1 Å². The summed E-state index contributed by atoms with van der Waals surface area (Å²) in [7, 11) is 0. The number of carbonyl (C=O) groups is 2. The second-order valence-electron chi connectivity index (χ2n) is 7.48. The number of nitrogens with one attached hydrogen (secondary N) is 2. The van der Waals surface area contributed by atoms with Gasteiger partial charge in [0.25, 0.3) is 11.8 Å². The van der Waals surface area contributed by atoms with Crippen LogP contribution >= 0.6 is 15.9 Å². The van der Waals surface area contributed by atoms with E-state index < -0.39 is 0 Å². The van der Waals surface area contributed by atoms with Crippen molar-refractivity contribution < 1.29 is 18.7 Å². The minimum atomic E-state index is -0.366. The zero-order chi connectivity index (χ0) is 23.4. The number of aromatic nitrogens is 1. The molecule has 2 amide bonds. The number of ether oxygens (including phenoxy) is 1. The Labute approximate surface area is 199 Å². The van der Waals surface area contributed by atoms with Crippen LogP contribution in [-0.2, 0) is 6.42 Å². The third-order valence-corrected chi connectivity index (χ3v) is 5.66. The van der Waals surface area contributed by atoms with Crippen LogP contribution in [0.4, 0.5) is 5.69 Å². The molecule has 2 heterocycles. The van der Waals surface area contributed by atoms with Crippen molar-refractivity contribution in [1.82, 2.24) is 10.4 Å². The molecule has 0 bridgehead atoms. The fraction of sp³-hybridized carbons (Fsp3) is 0.250. The van der Waals surface area contributed by atoms with Gasteiger partial charge in [-0.3, -0.25) is 14.6 Å². The molecular weight excluding hydrogens is 488 g/mol. The van der Waals surface area contributed by atoms with Crippen LogP contribution in [0.1, 0.15) is 57.6 Å². The maximum atomic E-state index is 13.0. The monoisotopic (exact) mass is 510 g/mol. The van der Waals surface area contributed by atoms with Crippen LogP contribution in [0.5, 0.6) is 5.75 Å². The standard InChI is InChI=1S/C24H23BrN4O4/c1-3-32-19-9-5-4-7-17(19)27-24(31)22-14(2)21-18(8-6-10-20(21)33-22)28-29-23(30)15-11-16(25)13-26-12-15/h4-5,7,9,11-13H,3,6,8,10H2,1-2H3,(H,27,31)(H,29,30)/b28-18+. The first kappa shape index (κ1) is 22.7. The maximum absolute atomic E-state index is 13.0. The molecular formula is C24H23BrN4O4. The predicted octanol–water partition coefficient (Wildman–Crippen LogP) is 4.87. The Morgan fingerprint density at radius 1 is 1.21 bits per heavy atom. The summed E-state index contributed by atoms with van der Waals surface area (Å²) >= 11 is 3.31. The first-order chi connectivity index (χ1) is 16.0. The summed E-state index contributed by atoms with van der Waals surface area (Å²) < 4.78 is 12.2. The number of nitrogens with zero attached hydrogens (tertiary/aromatic N) is 2. The van der Waals surface area contributed by atoms with Crippen molar-refractivity contribution in [2.24, 2.45) is 5.10 Å². The van der Waals surface area contributed by atoms with E-state index in [1.807, 2.05) is 26.0 Å². The molecule has 2 aromatic heterocycles. The predicted molar refractivity (Wildman–Crippen MR) is 128 cm³/mol. The van der Waals surface area contributed by atoms with Gasteiger partial charge in [0.2, 0.25) is 0 Å². The molecule has 8 nitrogen and oxygen atoms in total. The highest BCUT2D eigenvalue weighted by atomic mass is 79.9. The van der Waals surface area contributed by atoms with Crippen molar-refractivity contribution >= 4 is 39.1 Å². The fourth-order valence-corrected chi connectivity index (χ4v) is 4.11. The molecule has 0 aliphatic heterocycles. The number of hydrogen-bond donors (Lipinski definition) is 2. The fourth-order valence-electron chi connectivity index (χ4n) is 3.75. The SMILES string of the molecule is CCOc1ccccc1NC(=O)c1oc2c(c1C)/C(=N/NC(=O)c1cncc(Br)c1)CCC2. The number of amides is 2. The molecule has 1 aromatic carbocycles. The number of rotatable bonds is 6. The summed E-state index contributed by atoms with van der Waals surface area (Å²) in [5.74, 6) is 0.782. The van der Waals surface area contributed by atoms with Gasteiger partial charge in [0.1, 0.15) is 11.5 Å². The van der Waals surface area contributed by atoms with Crippen molar-refractivity contribution in [3.05, 3.63) is 75.4 Å². The summed E-state index contributed by atoms with van der Waals surface area (Å²) in [5.41, 5.74) is 5.70. The number of halogens is 1. The Morgan fingerprint density at radius 3 is 2.82 bits per heavy atom. The highest BCUT2D eigenvalue weighted by Crippen LogP contribution is 2.31. The van der Waals surface area contributed by atoms with Gasteiger partial charge in [-0.25, -0.2) is 5.43 Å². The Balaban J connectivity index is 1.57. The smallest absolute Gasteiger partial charge is 0.291 e. The Hall–Kier alpha value is -3.46. The van der Waals surface area contributed by atoms with Gasteiger partial charge in [-0.05, 0) is 60.8 Å². The van der Waals surface area contributed by atoms with E-state index in [0.717, 1.165) is 12.0 Å². The average Bonchev–Trinajstić information content (AvgIpc) is 3.16. The third kappa shape index (κ3) is 4.98. The van der Waals surface area contributed by atoms with Crippen LogP contribution in [0.2, 0.25) is 0 Å². The average molecular weight is 511 g/mol. The molecule has 9 heteroatoms. The summed E-state index contributed by atoms with van der Waals surface area (Å²) in [6, 6.07) is 8.92. The van der Waals surface area contributed by atoms with E-state index in [-0.39, 0.29) is 17.6 Å². The molecule has 0 spiro atoms. The second kappa shape index (κ2) is 9.99. The molecule has 170 valence electrons. The van der Waals surface area contributed by atoms with Crippen LogP contribution < -0.4 is 15.5 Å². The number of carbonyl (C=O) groups excluding carboxylic acids is 2. The molecule has 0 saturated carbocycles. The summed E-state index contributed by atoms with van der Waals surface area (Å²) in [6.45, 7) is 4.20. The van der Waals surface area contributed by atoms with Gasteiger partial charge in [0.05, 0.1) is 23.6 Å². The topological polar surface area (TPSA) is 106 Å².